The van der Waals surface area contributed by atoms with Crippen LogP contribution >= 0.6 is 0 Å². The van der Waals surface area contributed by atoms with Crippen LogP contribution < -0.4 is 0 Å². The van der Waals surface area contributed by atoms with Gasteiger partial charge in [-0.25, -0.2) is 22.0 Å². The zero-order chi connectivity index (χ0) is 25.6. The maximum absolute atomic E-state index is 13.8. The Morgan fingerprint density at radius 1 is 0.559 bits per heavy atom. The molecule has 0 N–H and O–H groups in total. The van der Waals surface area contributed by atoms with Crippen LogP contribution in [0.3, 0.4) is 0 Å². The van der Waals surface area contributed by atoms with Crippen LogP contribution in [0.4, 0.5) is 22.0 Å². The number of methoxy groups -OCH3 is 3. The van der Waals surface area contributed by atoms with E-state index in [4.69, 9.17) is 14.2 Å². The van der Waals surface area contributed by atoms with Crippen molar-refractivity contribution >= 4 is 0 Å². The number of hydrogen-bond donors (Lipinski definition) is 0. The summed E-state index contributed by atoms with van der Waals surface area (Å²) in [7, 11) is 4.71. The van der Waals surface area contributed by atoms with Gasteiger partial charge in [-0.05, 0) is 25.7 Å². The van der Waals surface area contributed by atoms with Crippen LogP contribution in [0.1, 0.15) is 96.0 Å². The highest BCUT2D eigenvalue weighted by molar-refractivity contribution is 5.24. The Morgan fingerprint density at radius 3 is 1.38 bits per heavy atom. The summed E-state index contributed by atoms with van der Waals surface area (Å²) >= 11 is 0. The van der Waals surface area contributed by atoms with E-state index in [-0.39, 0.29) is 12.3 Å². The van der Waals surface area contributed by atoms with Gasteiger partial charge < -0.3 is 14.2 Å². The number of benzene rings is 1. The third kappa shape index (κ3) is 8.76. The van der Waals surface area contributed by atoms with Crippen molar-refractivity contribution in [3.8, 4) is 0 Å². The molecule has 0 aliphatic carbocycles. The maximum Gasteiger partial charge on any atom is 0.285 e. The van der Waals surface area contributed by atoms with Gasteiger partial charge in [0.2, 0.25) is 5.82 Å². The molecule has 8 heteroatoms. The van der Waals surface area contributed by atoms with E-state index < -0.39 is 40.6 Å². The van der Waals surface area contributed by atoms with Crippen LogP contribution in [0.2, 0.25) is 0 Å². The average Bonchev–Trinajstić information content (AvgIpc) is 2.85. The first kappa shape index (κ1) is 30.8. The first-order valence-electron chi connectivity index (χ1n) is 12.4. The van der Waals surface area contributed by atoms with Crippen LogP contribution in [-0.2, 0) is 20.6 Å². The number of ether oxygens (including phenoxy) is 3. The fourth-order valence-electron chi connectivity index (χ4n) is 4.51. The van der Waals surface area contributed by atoms with Crippen molar-refractivity contribution < 1.29 is 36.2 Å². The zero-order valence-corrected chi connectivity index (χ0v) is 21.1. The van der Waals surface area contributed by atoms with Crippen LogP contribution in [0.15, 0.2) is 0 Å². The van der Waals surface area contributed by atoms with Gasteiger partial charge in [0.25, 0.3) is 5.97 Å². The lowest BCUT2D eigenvalue weighted by atomic mass is 9.91. The topological polar surface area (TPSA) is 27.7 Å². The standard InChI is InChI=1S/C26H41F5O3/c1-5-6-7-8-10-13-16-19(26(32-2,33-3)34-4)17-14-11-9-12-15-18-20-21(27)23(29)25(31)24(30)22(20)28/h19H,5-18H2,1-4H3. The zero-order valence-electron chi connectivity index (χ0n) is 21.1. The molecular weight excluding hydrogens is 455 g/mol. The van der Waals surface area contributed by atoms with Gasteiger partial charge in [0.15, 0.2) is 23.3 Å². The number of unbranched alkanes of at least 4 members (excludes halogenated alkanes) is 9. The lowest BCUT2D eigenvalue weighted by Crippen LogP contribution is -2.44. The molecule has 0 amide bonds. The van der Waals surface area contributed by atoms with Gasteiger partial charge >= 0.3 is 0 Å². The minimum atomic E-state index is -2.12. The average molecular weight is 497 g/mol. The minimum absolute atomic E-state index is 0.0621. The molecule has 1 unspecified atom stereocenters. The quantitative estimate of drug-likeness (QED) is 0.0635. The summed E-state index contributed by atoms with van der Waals surface area (Å²) < 4.78 is 84.1. The van der Waals surface area contributed by atoms with Crippen molar-refractivity contribution in [3.05, 3.63) is 34.6 Å². The van der Waals surface area contributed by atoms with Crippen LogP contribution in [0, 0.1) is 35.0 Å². The highest BCUT2D eigenvalue weighted by atomic mass is 19.2. The predicted octanol–water partition coefficient (Wildman–Crippen LogP) is 8.23. The second kappa shape index (κ2) is 16.4. The fraction of sp³-hybridized carbons (Fsp3) is 0.769. The van der Waals surface area contributed by atoms with E-state index in [0.717, 1.165) is 44.9 Å². The van der Waals surface area contributed by atoms with Gasteiger partial charge in [-0.3, -0.25) is 0 Å². The molecule has 1 aromatic carbocycles. The fourth-order valence-corrected chi connectivity index (χ4v) is 4.51. The molecule has 0 saturated carbocycles. The Bertz CT molecular complexity index is 673. The van der Waals surface area contributed by atoms with E-state index in [1.807, 2.05) is 0 Å². The Kier molecular flexibility index (Phi) is 14.9. The highest BCUT2D eigenvalue weighted by Gasteiger charge is 2.39. The number of rotatable bonds is 19. The Labute approximate surface area is 201 Å². The van der Waals surface area contributed by atoms with Gasteiger partial charge in [-0.15, -0.1) is 0 Å². The summed E-state index contributed by atoms with van der Waals surface area (Å²) in [5.74, 6) is -10.4. The van der Waals surface area contributed by atoms with Gasteiger partial charge in [-0.2, -0.15) is 0 Å². The molecule has 0 spiro atoms. The summed E-state index contributed by atoms with van der Waals surface area (Å²) in [5, 5.41) is 0. The lowest BCUT2D eigenvalue weighted by molar-refractivity contribution is -0.380. The smallest absolute Gasteiger partial charge is 0.285 e. The SMILES string of the molecule is CCCCCCCCC(CCCCCCCc1c(F)c(F)c(F)c(F)c1F)C(OC)(OC)OC. The Hall–Kier alpha value is -1.25. The van der Waals surface area contributed by atoms with E-state index in [1.165, 1.54) is 25.7 Å². The van der Waals surface area contributed by atoms with E-state index >= 15 is 0 Å². The molecule has 34 heavy (non-hydrogen) atoms. The lowest BCUT2D eigenvalue weighted by Gasteiger charge is -2.36. The minimum Gasteiger partial charge on any atom is -0.331 e. The summed E-state index contributed by atoms with van der Waals surface area (Å²) in [5.41, 5.74) is -0.736. The van der Waals surface area contributed by atoms with Crippen LogP contribution in [-0.4, -0.2) is 27.3 Å². The largest absolute Gasteiger partial charge is 0.331 e. The van der Waals surface area contributed by atoms with Crippen LogP contribution in [0.5, 0.6) is 0 Å². The van der Waals surface area contributed by atoms with Gasteiger partial charge in [0.1, 0.15) is 0 Å². The molecule has 0 heterocycles. The molecule has 0 aliphatic heterocycles. The molecule has 0 radical (unpaired) electrons. The van der Waals surface area contributed by atoms with Gasteiger partial charge in [-0.1, -0.05) is 71.1 Å². The van der Waals surface area contributed by atoms with Gasteiger partial charge in [0.05, 0.1) is 0 Å². The van der Waals surface area contributed by atoms with E-state index in [0.29, 0.717) is 12.8 Å². The predicted molar refractivity (Wildman–Crippen MR) is 123 cm³/mol. The molecule has 198 valence electrons. The summed E-state index contributed by atoms with van der Waals surface area (Å²) in [6, 6.07) is 0. The normalized spacial score (nSPS) is 13.0. The Morgan fingerprint density at radius 2 is 0.941 bits per heavy atom. The maximum atomic E-state index is 13.8. The highest BCUT2D eigenvalue weighted by Crippen LogP contribution is 2.33. The first-order valence-corrected chi connectivity index (χ1v) is 12.4. The summed E-state index contributed by atoms with van der Waals surface area (Å²) in [6.45, 7) is 2.19. The molecule has 0 saturated heterocycles. The van der Waals surface area contributed by atoms with Crippen molar-refractivity contribution in [1.82, 2.24) is 0 Å². The summed E-state index contributed by atoms with van der Waals surface area (Å²) in [4.78, 5) is 0. The van der Waals surface area contributed by atoms with Gasteiger partial charge in [0, 0.05) is 32.8 Å². The molecule has 1 rings (SSSR count). The molecule has 0 aliphatic rings. The molecule has 0 fully saturated rings. The second-order valence-corrected chi connectivity index (χ2v) is 8.82. The Balaban J connectivity index is 2.48. The second-order valence-electron chi connectivity index (χ2n) is 8.82. The number of hydrogen-bond acceptors (Lipinski definition) is 3. The van der Waals surface area contributed by atoms with E-state index in [2.05, 4.69) is 6.92 Å². The first-order chi connectivity index (χ1) is 16.3. The number of halogens is 5. The molecular formula is C26H41F5O3. The van der Waals surface area contributed by atoms with Crippen molar-refractivity contribution in [2.75, 3.05) is 21.3 Å². The molecule has 1 aromatic rings. The third-order valence-electron chi connectivity index (χ3n) is 6.54. The molecule has 0 bridgehead atoms. The summed E-state index contributed by atoms with van der Waals surface area (Å²) in [6.07, 6.45) is 12.2. The molecule has 1 atom stereocenters. The third-order valence-corrected chi connectivity index (χ3v) is 6.54. The van der Waals surface area contributed by atoms with Crippen molar-refractivity contribution in [2.24, 2.45) is 5.92 Å². The van der Waals surface area contributed by atoms with Crippen molar-refractivity contribution in [2.45, 2.75) is 103 Å². The van der Waals surface area contributed by atoms with Crippen LogP contribution in [0.25, 0.3) is 0 Å². The van der Waals surface area contributed by atoms with Crippen molar-refractivity contribution in [1.29, 1.82) is 0 Å². The monoisotopic (exact) mass is 496 g/mol. The van der Waals surface area contributed by atoms with E-state index in [9.17, 15) is 22.0 Å². The molecule has 0 aromatic heterocycles. The van der Waals surface area contributed by atoms with Crippen molar-refractivity contribution in [3.63, 3.8) is 0 Å². The van der Waals surface area contributed by atoms with E-state index in [1.54, 1.807) is 21.3 Å². The molecule has 3 nitrogen and oxygen atoms in total.